The average molecular weight is 563 g/mol. The summed E-state index contributed by atoms with van der Waals surface area (Å²) in [7, 11) is 3.22. The molecule has 2 aromatic carbocycles. The number of methoxy groups -OCH3 is 1. The lowest BCUT2D eigenvalue weighted by atomic mass is 10.1. The third kappa shape index (κ3) is 5.04. The van der Waals surface area contributed by atoms with E-state index in [2.05, 4.69) is 10.3 Å². The highest BCUT2D eigenvalue weighted by Gasteiger charge is 2.22. The molecule has 42 heavy (non-hydrogen) atoms. The molecule has 0 atom stereocenters. The number of hydrogen-bond acceptors (Lipinski definition) is 7. The molecule has 11 nitrogen and oxygen atoms in total. The number of benzene rings is 2. The molecule has 0 radical (unpaired) electrons. The van der Waals surface area contributed by atoms with Gasteiger partial charge in [0.05, 0.1) is 18.5 Å². The van der Waals surface area contributed by atoms with E-state index in [9.17, 15) is 19.6 Å². The van der Waals surface area contributed by atoms with Crippen LogP contribution in [0, 0.1) is 25.2 Å². The number of aromatic nitrogens is 4. The van der Waals surface area contributed by atoms with Crippen molar-refractivity contribution in [2.24, 2.45) is 7.05 Å². The molecule has 3 heterocycles. The van der Waals surface area contributed by atoms with Crippen molar-refractivity contribution in [2.45, 2.75) is 13.8 Å². The molecule has 0 spiro atoms. The average Bonchev–Trinajstić information content (AvgIpc) is 3.21. The maximum Gasteiger partial charge on any atom is 0.295 e. The minimum Gasteiger partial charge on any atom is -0.497 e. The number of para-hydroxylation sites is 1. The van der Waals surface area contributed by atoms with Crippen LogP contribution in [0.2, 0.25) is 0 Å². The Balaban J connectivity index is 1.58. The standard InChI is InChI=1S/C31H26N6O5/c1-19-9-8-16-36-27(19)34-29(42-24-14-12-23(41-4)13-15-24)25(30(36)39)17-21(18-32)28(38)33-26-20(2)35(3)37(31(26)40)22-10-6-5-7-11-22/h5-17H,1-4H3,(H,33,38)/b21-17+. The van der Waals surface area contributed by atoms with Crippen LogP contribution in [-0.2, 0) is 11.8 Å². The fourth-order valence-corrected chi connectivity index (χ4v) is 4.43. The Bertz CT molecular complexity index is 2010. The number of nitrogens with one attached hydrogen (secondary N) is 1. The summed E-state index contributed by atoms with van der Waals surface area (Å²) in [6, 6.07) is 20.9. The molecule has 5 aromatic rings. The molecule has 0 aliphatic carbocycles. The fraction of sp³-hybridized carbons (Fsp3) is 0.129. The number of ether oxygens (including phenoxy) is 2. The molecule has 0 saturated heterocycles. The largest absolute Gasteiger partial charge is 0.497 e. The van der Waals surface area contributed by atoms with Gasteiger partial charge in [-0.3, -0.25) is 23.5 Å². The Morgan fingerprint density at radius 3 is 2.33 bits per heavy atom. The summed E-state index contributed by atoms with van der Waals surface area (Å²) >= 11 is 0. The van der Waals surface area contributed by atoms with Crippen LogP contribution in [0.5, 0.6) is 17.4 Å². The minimum atomic E-state index is -0.868. The Morgan fingerprint density at radius 1 is 0.976 bits per heavy atom. The second-order valence-electron chi connectivity index (χ2n) is 9.36. The van der Waals surface area contributed by atoms with Crippen LogP contribution < -0.4 is 25.9 Å². The van der Waals surface area contributed by atoms with Crippen LogP contribution in [0.25, 0.3) is 17.4 Å². The highest BCUT2D eigenvalue weighted by molar-refractivity contribution is 6.10. The zero-order chi connectivity index (χ0) is 30.0. The van der Waals surface area contributed by atoms with Gasteiger partial charge in [-0.25, -0.2) is 4.68 Å². The fourth-order valence-electron chi connectivity index (χ4n) is 4.43. The van der Waals surface area contributed by atoms with E-state index in [1.807, 2.05) is 12.1 Å². The molecular formula is C31H26N6O5. The molecule has 0 unspecified atom stereocenters. The third-order valence-corrected chi connectivity index (χ3v) is 6.77. The first-order valence-corrected chi connectivity index (χ1v) is 12.8. The Kier molecular flexibility index (Phi) is 7.45. The van der Waals surface area contributed by atoms with Crippen LogP contribution in [0.1, 0.15) is 16.8 Å². The molecule has 3 aromatic heterocycles. The predicted molar refractivity (Wildman–Crippen MR) is 157 cm³/mol. The van der Waals surface area contributed by atoms with Crippen molar-refractivity contribution < 1.29 is 14.3 Å². The molecule has 0 aliphatic heterocycles. The van der Waals surface area contributed by atoms with Gasteiger partial charge in [0, 0.05) is 13.2 Å². The van der Waals surface area contributed by atoms with Gasteiger partial charge in [-0.05, 0) is 68.0 Å². The second kappa shape index (κ2) is 11.3. The van der Waals surface area contributed by atoms with E-state index in [0.717, 1.165) is 11.6 Å². The van der Waals surface area contributed by atoms with E-state index in [4.69, 9.17) is 9.47 Å². The lowest BCUT2D eigenvalue weighted by molar-refractivity contribution is -0.112. The van der Waals surface area contributed by atoms with Crippen LogP contribution in [0.3, 0.4) is 0 Å². The van der Waals surface area contributed by atoms with Gasteiger partial charge in [-0.15, -0.1) is 0 Å². The van der Waals surface area contributed by atoms with E-state index < -0.39 is 22.6 Å². The first-order chi connectivity index (χ1) is 20.2. The lowest BCUT2D eigenvalue weighted by Gasteiger charge is -2.12. The summed E-state index contributed by atoms with van der Waals surface area (Å²) in [4.78, 5) is 44.8. The van der Waals surface area contributed by atoms with Crippen molar-refractivity contribution in [1.82, 2.24) is 18.7 Å². The number of nitriles is 1. The van der Waals surface area contributed by atoms with E-state index in [1.54, 1.807) is 86.2 Å². The second-order valence-corrected chi connectivity index (χ2v) is 9.36. The van der Waals surface area contributed by atoms with E-state index >= 15 is 0 Å². The molecule has 1 amide bonds. The van der Waals surface area contributed by atoms with Crippen LogP contribution >= 0.6 is 0 Å². The van der Waals surface area contributed by atoms with Crippen LogP contribution in [0.4, 0.5) is 5.69 Å². The molecule has 11 heteroatoms. The monoisotopic (exact) mass is 562 g/mol. The molecular weight excluding hydrogens is 536 g/mol. The van der Waals surface area contributed by atoms with Gasteiger partial charge >= 0.3 is 0 Å². The van der Waals surface area contributed by atoms with Crippen molar-refractivity contribution >= 4 is 23.3 Å². The number of anilines is 1. The van der Waals surface area contributed by atoms with Gasteiger partial charge in [0.15, 0.2) is 0 Å². The summed E-state index contributed by atoms with van der Waals surface area (Å²) in [5.74, 6) is 0.00503. The number of nitrogens with zero attached hydrogens (tertiary/aromatic N) is 5. The van der Waals surface area contributed by atoms with E-state index in [-0.39, 0.29) is 17.1 Å². The molecule has 0 bridgehead atoms. The Hall–Kier alpha value is -5.89. The Morgan fingerprint density at radius 2 is 1.67 bits per heavy atom. The van der Waals surface area contributed by atoms with E-state index in [1.165, 1.54) is 22.4 Å². The third-order valence-electron chi connectivity index (χ3n) is 6.77. The molecule has 0 fully saturated rings. The first kappa shape index (κ1) is 27.7. The number of fused-ring (bicyclic) bond motifs is 1. The summed E-state index contributed by atoms with van der Waals surface area (Å²) in [6.45, 7) is 3.47. The number of hydrogen-bond donors (Lipinski definition) is 1. The normalized spacial score (nSPS) is 11.3. The summed E-state index contributed by atoms with van der Waals surface area (Å²) in [5, 5.41) is 12.5. The number of amides is 1. The summed E-state index contributed by atoms with van der Waals surface area (Å²) < 4.78 is 15.5. The number of aryl methyl sites for hydroxylation is 1. The van der Waals surface area contributed by atoms with Gasteiger partial charge in [-0.2, -0.15) is 10.2 Å². The maximum atomic E-state index is 13.6. The Labute approximate surface area is 240 Å². The van der Waals surface area contributed by atoms with Gasteiger partial charge in [-0.1, -0.05) is 24.3 Å². The van der Waals surface area contributed by atoms with Crippen LogP contribution in [-0.4, -0.2) is 31.8 Å². The van der Waals surface area contributed by atoms with Crippen molar-refractivity contribution in [3.63, 3.8) is 0 Å². The van der Waals surface area contributed by atoms with Gasteiger partial charge in [0.2, 0.25) is 5.88 Å². The number of carbonyl (C=O) groups excluding carboxylic acids is 1. The minimum absolute atomic E-state index is 0.00573. The quantitative estimate of drug-likeness (QED) is 0.233. The lowest BCUT2D eigenvalue weighted by Crippen LogP contribution is -2.24. The smallest absolute Gasteiger partial charge is 0.295 e. The highest BCUT2D eigenvalue weighted by Crippen LogP contribution is 2.26. The van der Waals surface area contributed by atoms with Gasteiger partial charge in [0.25, 0.3) is 17.0 Å². The zero-order valence-electron chi connectivity index (χ0n) is 23.3. The summed E-state index contributed by atoms with van der Waals surface area (Å²) in [5.41, 5.74) is 0.600. The van der Waals surface area contributed by atoms with Gasteiger partial charge in [0.1, 0.15) is 40.0 Å². The number of carbonyl (C=O) groups is 1. The van der Waals surface area contributed by atoms with Crippen LogP contribution in [0.15, 0.2) is 88.1 Å². The van der Waals surface area contributed by atoms with Crippen molar-refractivity contribution in [3.8, 4) is 29.1 Å². The molecule has 0 saturated carbocycles. The maximum absolute atomic E-state index is 13.6. The van der Waals surface area contributed by atoms with Crippen molar-refractivity contribution in [2.75, 3.05) is 12.4 Å². The number of rotatable bonds is 7. The molecule has 1 N–H and O–H groups in total. The SMILES string of the molecule is COc1ccc(Oc2nc3c(C)cccn3c(=O)c2/C=C(\C#N)C(=O)Nc2c(C)n(C)n(-c3ccccc3)c2=O)cc1. The summed E-state index contributed by atoms with van der Waals surface area (Å²) in [6.07, 6.45) is 2.66. The molecule has 5 rings (SSSR count). The highest BCUT2D eigenvalue weighted by atomic mass is 16.5. The zero-order valence-corrected chi connectivity index (χ0v) is 23.3. The topological polar surface area (TPSA) is 133 Å². The first-order valence-electron chi connectivity index (χ1n) is 12.8. The van der Waals surface area contributed by atoms with Crippen molar-refractivity contribution in [1.29, 1.82) is 5.26 Å². The molecule has 0 aliphatic rings. The predicted octanol–water partition coefficient (Wildman–Crippen LogP) is 4.15. The van der Waals surface area contributed by atoms with Gasteiger partial charge < -0.3 is 14.8 Å². The van der Waals surface area contributed by atoms with Crippen molar-refractivity contribution in [3.05, 3.63) is 116 Å². The van der Waals surface area contributed by atoms with E-state index in [0.29, 0.717) is 28.5 Å². The molecule has 210 valence electrons. The number of pyridine rings is 1.